The molecule has 0 aromatic rings. The molecule has 1 atom stereocenters. The monoisotopic (exact) mass is 141 g/mol. The Balaban J connectivity index is 3.30. The Morgan fingerprint density at radius 1 is 1.00 bits per heavy atom. The van der Waals surface area contributed by atoms with E-state index in [0.29, 0.717) is 0 Å². The van der Waals surface area contributed by atoms with Gasteiger partial charge in [-0.15, -0.1) is 0 Å². The molecular weight excluding hydrogens is 120 g/mol. The van der Waals surface area contributed by atoms with Crippen LogP contribution in [0.1, 0.15) is 47.5 Å². The normalized spacial score (nSPS) is 14.7. The molecule has 0 saturated heterocycles. The van der Waals surface area contributed by atoms with Crippen molar-refractivity contribution in [2.45, 2.75) is 47.5 Å². The van der Waals surface area contributed by atoms with Gasteiger partial charge in [-0.2, -0.15) is 0 Å². The minimum atomic E-state index is 0.822. The summed E-state index contributed by atoms with van der Waals surface area (Å²) in [6.45, 7) is 11.4. The van der Waals surface area contributed by atoms with Gasteiger partial charge in [0.2, 0.25) is 0 Å². The Kier molecular flexibility index (Phi) is 4.76. The summed E-state index contributed by atoms with van der Waals surface area (Å²) in [5.41, 5.74) is 0. The minimum absolute atomic E-state index is 0.822. The van der Waals surface area contributed by atoms with Gasteiger partial charge in [0.15, 0.2) is 0 Å². The van der Waals surface area contributed by atoms with Crippen LogP contribution in [-0.2, 0) is 0 Å². The van der Waals surface area contributed by atoms with Crippen LogP contribution < -0.4 is 0 Å². The lowest BCUT2D eigenvalue weighted by Gasteiger charge is -2.15. The number of rotatable bonds is 4. The van der Waals surface area contributed by atoms with Crippen LogP contribution in [-0.4, -0.2) is 0 Å². The van der Waals surface area contributed by atoms with Crippen LogP contribution in [0.15, 0.2) is 0 Å². The summed E-state index contributed by atoms with van der Waals surface area (Å²) >= 11 is 0. The van der Waals surface area contributed by atoms with E-state index in [0.717, 1.165) is 11.8 Å². The van der Waals surface area contributed by atoms with Crippen molar-refractivity contribution < 1.29 is 0 Å². The molecule has 0 N–H and O–H groups in total. The lowest BCUT2D eigenvalue weighted by Crippen LogP contribution is -2.03. The van der Waals surface area contributed by atoms with Crippen LogP contribution in [0.3, 0.4) is 0 Å². The molecule has 0 rings (SSSR count). The highest BCUT2D eigenvalue weighted by Crippen LogP contribution is 2.19. The molecule has 1 radical (unpaired) electrons. The highest BCUT2D eigenvalue weighted by molar-refractivity contribution is 4.83. The van der Waals surface area contributed by atoms with Crippen molar-refractivity contribution in [1.82, 2.24) is 0 Å². The molecule has 0 aliphatic heterocycles. The Morgan fingerprint density at radius 3 is 1.80 bits per heavy atom. The molecule has 0 aliphatic carbocycles. The summed E-state index contributed by atoms with van der Waals surface area (Å²) in [5.74, 6) is 3.25. The molecule has 0 heteroatoms. The predicted molar refractivity (Wildman–Crippen MR) is 47.8 cm³/mol. The van der Waals surface area contributed by atoms with Crippen molar-refractivity contribution in [3.63, 3.8) is 0 Å². The molecule has 10 heavy (non-hydrogen) atoms. The lowest BCUT2D eigenvalue weighted by atomic mass is 9.91. The van der Waals surface area contributed by atoms with E-state index in [1.165, 1.54) is 12.8 Å². The number of hydrogen-bond donors (Lipinski definition) is 0. The fraction of sp³-hybridized carbons (Fsp3) is 0.900. The van der Waals surface area contributed by atoms with Gasteiger partial charge in [0, 0.05) is 0 Å². The second kappa shape index (κ2) is 4.76. The van der Waals surface area contributed by atoms with E-state index < -0.39 is 0 Å². The van der Waals surface area contributed by atoms with Crippen LogP contribution in [0.2, 0.25) is 0 Å². The molecule has 0 aromatic carbocycles. The number of hydrogen-bond acceptors (Lipinski definition) is 0. The Bertz CT molecular complexity index is 72.1. The zero-order valence-electron chi connectivity index (χ0n) is 8.07. The largest absolute Gasteiger partial charge is 0.0628 e. The summed E-state index contributed by atoms with van der Waals surface area (Å²) in [6.07, 6.45) is 2.73. The third-order valence-electron chi connectivity index (χ3n) is 2.16. The molecule has 1 unspecified atom stereocenters. The molecule has 0 spiro atoms. The molecule has 61 valence electrons. The van der Waals surface area contributed by atoms with Gasteiger partial charge in [-0.3, -0.25) is 0 Å². The standard InChI is InChI=1S/C10H21/c1-8(2)6-7-10(5)9(3)4/h8,10H,6-7H2,1-5H3. The third kappa shape index (κ3) is 4.84. The molecule has 0 saturated carbocycles. The highest BCUT2D eigenvalue weighted by atomic mass is 14.1. The third-order valence-corrected chi connectivity index (χ3v) is 2.16. The summed E-state index contributed by atoms with van der Waals surface area (Å²) in [7, 11) is 0. The van der Waals surface area contributed by atoms with Gasteiger partial charge >= 0.3 is 0 Å². The van der Waals surface area contributed by atoms with Gasteiger partial charge < -0.3 is 0 Å². The first-order chi connectivity index (χ1) is 4.54. The minimum Gasteiger partial charge on any atom is -0.0628 e. The molecule has 0 amide bonds. The molecular formula is C10H21. The van der Waals surface area contributed by atoms with E-state index in [-0.39, 0.29) is 0 Å². The summed E-state index contributed by atoms with van der Waals surface area (Å²) in [5, 5.41) is 0. The van der Waals surface area contributed by atoms with Gasteiger partial charge in [-0.25, -0.2) is 0 Å². The van der Waals surface area contributed by atoms with Gasteiger partial charge in [0.05, 0.1) is 0 Å². The Hall–Kier alpha value is 0. The lowest BCUT2D eigenvalue weighted by molar-refractivity contribution is 0.462. The van der Waals surface area contributed by atoms with E-state index in [2.05, 4.69) is 34.6 Å². The first-order valence-electron chi connectivity index (χ1n) is 4.34. The quantitative estimate of drug-likeness (QED) is 0.560. The van der Waals surface area contributed by atoms with E-state index in [1.54, 1.807) is 5.92 Å². The second-order valence-electron chi connectivity index (χ2n) is 3.95. The van der Waals surface area contributed by atoms with Gasteiger partial charge in [0.25, 0.3) is 0 Å². The van der Waals surface area contributed by atoms with Crippen LogP contribution in [0, 0.1) is 17.8 Å². The van der Waals surface area contributed by atoms with Crippen LogP contribution in [0.4, 0.5) is 0 Å². The first-order valence-corrected chi connectivity index (χ1v) is 4.34. The second-order valence-corrected chi connectivity index (χ2v) is 3.95. The maximum absolute atomic E-state index is 2.32. The highest BCUT2D eigenvalue weighted by Gasteiger charge is 2.07. The van der Waals surface area contributed by atoms with Gasteiger partial charge in [0.1, 0.15) is 0 Å². The topological polar surface area (TPSA) is 0 Å². The average Bonchev–Trinajstić information content (AvgIpc) is 1.82. The van der Waals surface area contributed by atoms with E-state index >= 15 is 0 Å². The van der Waals surface area contributed by atoms with Crippen molar-refractivity contribution in [3.05, 3.63) is 5.92 Å². The van der Waals surface area contributed by atoms with Crippen molar-refractivity contribution in [2.24, 2.45) is 11.8 Å². The molecule has 0 nitrogen and oxygen atoms in total. The molecule has 0 aromatic heterocycles. The van der Waals surface area contributed by atoms with Crippen LogP contribution in [0.5, 0.6) is 0 Å². The maximum atomic E-state index is 2.32. The first kappa shape index (κ1) is 10.0. The maximum Gasteiger partial charge on any atom is -0.0275 e. The fourth-order valence-electron chi connectivity index (χ4n) is 0.872. The van der Waals surface area contributed by atoms with Crippen molar-refractivity contribution in [2.75, 3.05) is 0 Å². The summed E-state index contributed by atoms with van der Waals surface area (Å²) in [4.78, 5) is 0. The molecule has 0 aliphatic rings. The molecule has 0 bridgehead atoms. The zero-order valence-corrected chi connectivity index (χ0v) is 8.07. The van der Waals surface area contributed by atoms with Crippen molar-refractivity contribution in [1.29, 1.82) is 0 Å². The average molecular weight is 141 g/mol. The predicted octanol–water partition coefficient (Wildman–Crippen LogP) is 3.67. The van der Waals surface area contributed by atoms with Crippen molar-refractivity contribution in [3.8, 4) is 0 Å². The summed E-state index contributed by atoms with van der Waals surface area (Å²) in [6, 6.07) is 0. The van der Waals surface area contributed by atoms with Crippen molar-refractivity contribution >= 4 is 0 Å². The van der Waals surface area contributed by atoms with Crippen LogP contribution in [0.25, 0.3) is 0 Å². The molecule has 0 heterocycles. The smallest absolute Gasteiger partial charge is 0.0275 e. The van der Waals surface area contributed by atoms with Crippen LogP contribution >= 0.6 is 0 Å². The van der Waals surface area contributed by atoms with Gasteiger partial charge in [-0.1, -0.05) is 41.0 Å². The van der Waals surface area contributed by atoms with E-state index in [9.17, 15) is 0 Å². The fourth-order valence-corrected chi connectivity index (χ4v) is 0.872. The Morgan fingerprint density at radius 2 is 1.50 bits per heavy atom. The zero-order chi connectivity index (χ0) is 8.15. The van der Waals surface area contributed by atoms with E-state index in [4.69, 9.17) is 0 Å². The van der Waals surface area contributed by atoms with E-state index in [1.807, 2.05) is 0 Å². The SMILES string of the molecule is C[C](C)C(C)CCC(C)C. The van der Waals surface area contributed by atoms with Gasteiger partial charge in [-0.05, 0) is 24.2 Å². The Labute approximate surface area is 66.0 Å². The summed E-state index contributed by atoms with van der Waals surface area (Å²) < 4.78 is 0. The molecule has 0 fully saturated rings.